The second-order valence-electron chi connectivity index (χ2n) is 4.10. The van der Waals surface area contributed by atoms with Crippen molar-refractivity contribution in [3.63, 3.8) is 0 Å². The molecule has 21 heavy (non-hydrogen) atoms. The molecule has 0 heterocycles. The summed E-state index contributed by atoms with van der Waals surface area (Å²) in [6, 6.07) is 13.4. The first-order valence-electron chi connectivity index (χ1n) is 5.72. The van der Waals surface area contributed by atoms with E-state index in [1.54, 1.807) is 48.5 Å². The van der Waals surface area contributed by atoms with Gasteiger partial charge in [0.1, 0.15) is 0 Å². The van der Waals surface area contributed by atoms with Crippen molar-refractivity contribution in [3.8, 4) is 0 Å². The maximum atomic E-state index is 10.3. The SMILES string of the molecule is Cc1ccc(S(=O)[O-])cc1.Cc1ccc(S(=O)[O-])cc1.[Cd+2]. The van der Waals surface area contributed by atoms with Crippen molar-refractivity contribution in [2.24, 2.45) is 0 Å². The predicted octanol–water partition coefficient (Wildman–Crippen LogP) is 2.46. The number of benzene rings is 2. The van der Waals surface area contributed by atoms with Crippen LogP contribution in [0.5, 0.6) is 0 Å². The second kappa shape index (κ2) is 10.3. The third kappa shape index (κ3) is 7.96. The van der Waals surface area contributed by atoms with Crippen molar-refractivity contribution >= 4 is 22.2 Å². The molecule has 0 bridgehead atoms. The first kappa shape index (κ1) is 20.6. The van der Waals surface area contributed by atoms with Crippen LogP contribution in [0.15, 0.2) is 58.3 Å². The van der Waals surface area contributed by atoms with E-state index in [1.165, 1.54) is 0 Å². The Morgan fingerprint density at radius 3 is 1.10 bits per heavy atom. The largest absolute Gasteiger partial charge is 2.00 e. The van der Waals surface area contributed by atoms with Gasteiger partial charge in [0.25, 0.3) is 0 Å². The van der Waals surface area contributed by atoms with Gasteiger partial charge >= 0.3 is 27.3 Å². The van der Waals surface area contributed by atoms with E-state index >= 15 is 0 Å². The van der Waals surface area contributed by atoms with Gasteiger partial charge in [0.2, 0.25) is 0 Å². The van der Waals surface area contributed by atoms with E-state index in [2.05, 4.69) is 0 Å². The van der Waals surface area contributed by atoms with Crippen molar-refractivity contribution in [3.05, 3.63) is 59.7 Å². The predicted molar refractivity (Wildman–Crippen MR) is 76.7 cm³/mol. The molecule has 2 unspecified atom stereocenters. The molecule has 4 nitrogen and oxygen atoms in total. The van der Waals surface area contributed by atoms with Crippen LogP contribution < -0.4 is 0 Å². The molecule has 0 aliphatic heterocycles. The van der Waals surface area contributed by atoms with Gasteiger partial charge in [-0.15, -0.1) is 0 Å². The third-order valence-electron chi connectivity index (χ3n) is 2.43. The minimum atomic E-state index is -2.09. The van der Waals surface area contributed by atoms with Crippen LogP contribution in [0.25, 0.3) is 0 Å². The van der Waals surface area contributed by atoms with Crippen LogP contribution in [0.2, 0.25) is 0 Å². The van der Waals surface area contributed by atoms with Crippen LogP contribution >= 0.6 is 0 Å². The molecule has 0 aromatic heterocycles. The van der Waals surface area contributed by atoms with Gasteiger partial charge in [-0.3, -0.25) is 8.42 Å². The molecular weight excluding hydrogens is 409 g/mol. The van der Waals surface area contributed by atoms with Crippen molar-refractivity contribution in [2.75, 3.05) is 0 Å². The molecule has 0 saturated heterocycles. The van der Waals surface area contributed by atoms with E-state index in [0.717, 1.165) is 11.1 Å². The Bertz CT molecular complexity index is 542. The van der Waals surface area contributed by atoms with Crippen LogP contribution in [0.4, 0.5) is 0 Å². The zero-order valence-electron chi connectivity index (χ0n) is 11.8. The molecule has 0 amide bonds. The quantitative estimate of drug-likeness (QED) is 0.550. The molecular formula is C14H14CdO4S2. The maximum absolute atomic E-state index is 10.3. The topological polar surface area (TPSA) is 80.3 Å². The van der Waals surface area contributed by atoms with Crippen molar-refractivity contribution in [2.45, 2.75) is 23.6 Å². The van der Waals surface area contributed by atoms with Gasteiger partial charge in [0.05, 0.1) is 0 Å². The fourth-order valence-electron chi connectivity index (χ4n) is 1.30. The summed E-state index contributed by atoms with van der Waals surface area (Å²) < 4.78 is 41.2. The molecule has 7 heteroatoms. The average Bonchev–Trinajstić information content (AvgIpc) is 2.40. The average molecular weight is 423 g/mol. The molecule has 0 spiro atoms. The van der Waals surface area contributed by atoms with E-state index in [1.807, 2.05) is 13.8 Å². The fraction of sp³-hybridized carbons (Fsp3) is 0.143. The zero-order valence-corrected chi connectivity index (χ0v) is 17.4. The van der Waals surface area contributed by atoms with Gasteiger partial charge in [-0.2, -0.15) is 0 Å². The number of rotatable bonds is 2. The third-order valence-corrected chi connectivity index (χ3v) is 3.74. The van der Waals surface area contributed by atoms with E-state index in [4.69, 9.17) is 0 Å². The van der Waals surface area contributed by atoms with Gasteiger partial charge in [0, 0.05) is 9.79 Å². The Kier molecular flexibility index (Phi) is 10.1. The van der Waals surface area contributed by atoms with E-state index in [0.29, 0.717) is 9.79 Å². The standard InChI is InChI=1S/2C7H8O2S.Cd/c2*1-6-2-4-7(5-3-6)10(8)9;/h2*2-5H,1H3,(H,8,9);/q;;+2/p-2. The molecule has 2 atom stereocenters. The molecule has 2 aromatic rings. The Morgan fingerprint density at radius 1 is 0.667 bits per heavy atom. The Labute approximate surface area is 149 Å². The van der Waals surface area contributed by atoms with Gasteiger partial charge in [-0.25, -0.2) is 0 Å². The van der Waals surface area contributed by atoms with Crippen LogP contribution in [0.1, 0.15) is 11.1 Å². The summed E-state index contributed by atoms with van der Waals surface area (Å²) in [5.41, 5.74) is 2.13. The molecule has 0 fully saturated rings. The number of hydrogen-bond donors (Lipinski definition) is 0. The second-order valence-corrected chi connectivity index (χ2v) is 5.98. The summed E-state index contributed by atoms with van der Waals surface area (Å²) in [6.45, 7) is 3.83. The maximum Gasteiger partial charge on any atom is 2.00 e. The van der Waals surface area contributed by atoms with Crippen molar-refractivity contribution < 1.29 is 44.8 Å². The van der Waals surface area contributed by atoms with Gasteiger partial charge in [-0.1, -0.05) is 35.4 Å². The number of hydrogen-bond acceptors (Lipinski definition) is 4. The molecule has 2 aromatic carbocycles. The molecule has 0 radical (unpaired) electrons. The van der Waals surface area contributed by atoms with Crippen LogP contribution in [-0.2, 0) is 49.5 Å². The first-order valence-corrected chi connectivity index (χ1v) is 7.87. The monoisotopic (exact) mass is 424 g/mol. The van der Waals surface area contributed by atoms with E-state index in [-0.39, 0.29) is 27.3 Å². The minimum absolute atomic E-state index is 0. The molecule has 0 saturated carbocycles. The van der Waals surface area contributed by atoms with Gasteiger partial charge < -0.3 is 9.11 Å². The Balaban J connectivity index is 0.000000364. The Morgan fingerprint density at radius 2 is 0.905 bits per heavy atom. The summed E-state index contributed by atoms with van der Waals surface area (Å²) >= 11 is -4.17. The molecule has 0 N–H and O–H groups in total. The van der Waals surface area contributed by atoms with E-state index in [9.17, 15) is 17.5 Å². The normalized spacial score (nSPS) is 12.4. The Hall–Kier alpha value is -0.418. The first-order chi connectivity index (χ1) is 9.40. The van der Waals surface area contributed by atoms with Crippen molar-refractivity contribution in [1.29, 1.82) is 0 Å². The van der Waals surface area contributed by atoms with Gasteiger partial charge in [0.15, 0.2) is 0 Å². The summed E-state index contributed by atoms with van der Waals surface area (Å²) in [7, 11) is 0. The summed E-state index contributed by atoms with van der Waals surface area (Å²) in [6.07, 6.45) is 0. The smallest absolute Gasteiger partial charge is 0.768 e. The molecule has 0 aliphatic carbocycles. The van der Waals surface area contributed by atoms with Crippen LogP contribution in [0.3, 0.4) is 0 Å². The van der Waals surface area contributed by atoms with Crippen LogP contribution in [-0.4, -0.2) is 17.5 Å². The molecule has 2 rings (SSSR count). The minimum Gasteiger partial charge on any atom is -0.768 e. The summed E-state index contributed by atoms with van der Waals surface area (Å²) in [5, 5.41) is 0. The molecule has 0 aliphatic rings. The van der Waals surface area contributed by atoms with Crippen LogP contribution in [0, 0.1) is 13.8 Å². The molecule has 108 valence electrons. The zero-order chi connectivity index (χ0) is 15.1. The summed E-state index contributed by atoms with van der Waals surface area (Å²) in [5.74, 6) is 0. The van der Waals surface area contributed by atoms with Crippen molar-refractivity contribution in [1.82, 2.24) is 0 Å². The summed E-state index contributed by atoms with van der Waals surface area (Å²) in [4.78, 5) is 0.677. The van der Waals surface area contributed by atoms with Gasteiger partial charge in [-0.05, 0) is 60.3 Å². The number of aryl methyl sites for hydroxylation is 2. The fourth-order valence-corrected chi connectivity index (χ4v) is 2.02. The van der Waals surface area contributed by atoms with E-state index < -0.39 is 22.2 Å².